The van der Waals surface area contributed by atoms with E-state index in [4.69, 9.17) is 27.5 Å². The first kappa shape index (κ1) is 90.1. The second-order valence-electron chi connectivity index (χ2n) is 29.6. The Kier molecular flexibility index (Phi) is 29.1. The summed E-state index contributed by atoms with van der Waals surface area (Å²) in [6.45, 7) is 12.9. The van der Waals surface area contributed by atoms with E-state index in [0.29, 0.717) is 63.3 Å². The summed E-state index contributed by atoms with van der Waals surface area (Å²) < 4.78 is 39.7. The number of ether oxygens (including phenoxy) is 3. The van der Waals surface area contributed by atoms with Crippen LogP contribution < -0.4 is 87.5 Å². The largest absolute Gasteiger partial charge is 1.00 e. The maximum absolute atomic E-state index is 12.9. The van der Waals surface area contributed by atoms with Crippen molar-refractivity contribution in [1.82, 2.24) is 9.15 Å². The number of rotatable bonds is 15. The molecule has 18 nitrogen and oxygen atoms in total. The van der Waals surface area contributed by atoms with Gasteiger partial charge in [-0.05, 0) is 194 Å². The van der Waals surface area contributed by atoms with Crippen LogP contribution in [0.1, 0.15) is 110 Å². The molecule has 0 spiro atoms. The number of carbonyl (C=O) groups excluding carboxylic acids is 2. The number of phenolic OH excluding ortho intramolecular Hbond substituents is 1. The average molecular weight is 1680 g/mol. The van der Waals surface area contributed by atoms with Gasteiger partial charge in [-0.25, -0.2) is 28.3 Å². The fourth-order valence-electron chi connectivity index (χ4n) is 15.1. The molecular weight excluding hydrogens is 1590 g/mol. The molecule has 9 aromatic carbocycles. The van der Waals surface area contributed by atoms with E-state index in [2.05, 4.69) is 82.3 Å². The summed E-state index contributed by atoms with van der Waals surface area (Å²) >= 11 is 0. The van der Waals surface area contributed by atoms with Crippen LogP contribution in [0.15, 0.2) is 249 Å². The second kappa shape index (κ2) is 39.1. The van der Waals surface area contributed by atoms with E-state index in [1.54, 1.807) is 42.5 Å². The van der Waals surface area contributed by atoms with Crippen molar-refractivity contribution in [2.24, 2.45) is 0 Å². The van der Waals surface area contributed by atoms with Crippen LogP contribution in [0.25, 0.3) is 112 Å². The van der Waals surface area contributed by atoms with Gasteiger partial charge in [0.2, 0.25) is 10.7 Å². The first-order chi connectivity index (χ1) is 56.8. The lowest BCUT2D eigenvalue weighted by molar-refractivity contribution is -0.001000. The molecule has 4 heterocycles. The number of benzene rings is 12. The molecule has 0 radical (unpaired) electrons. The van der Waals surface area contributed by atoms with Crippen LogP contribution in [0.4, 0.5) is 11.4 Å². The molecule has 7 aliphatic rings. The van der Waals surface area contributed by atoms with Gasteiger partial charge in [-0.2, -0.15) is 0 Å². The third kappa shape index (κ3) is 18.9. The molecule has 0 unspecified atom stereocenters. The molecule has 620 valence electrons. The molecule has 121 heavy (non-hydrogen) atoms. The van der Waals surface area contributed by atoms with Crippen LogP contribution in [0.5, 0.6) is 17.2 Å². The van der Waals surface area contributed by atoms with Gasteiger partial charge in [0, 0.05) is 142 Å². The monoisotopic (exact) mass is 1680 g/mol. The van der Waals surface area contributed by atoms with E-state index in [0.717, 1.165) is 136 Å². The predicted octanol–water partition coefficient (Wildman–Crippen LogP) is 9.44. The molecule has 3 N–H and O–H groups in total. The Labute approximate surface area is 720 Å². The molecule has 3 aliphatic carbocycles. The number of aromatic carboxylic acids is 2. The highest BCUT2D eigenvalue weighted by Crippen LogP contribution is 2.47. The van der Waals surface area contributed by atoms with E-state index in [1.807, 2.05) is 198 Å². The van der Waals surface area contributed by atoms with Crippen LogP contribution in [0, 0.1) is 13.8 Å². The first-order valence-corrected chi connectivity index (χ1v) is 39.2. The van der Waals surface area contributed by atoms with Gasteiger partial charge in [-0.1, -0.05) is 99.1 Å². The highest BCUT2D eigenvalue weighted by atomic mass is 35.5. The van der Waals surface area contributed by atoms with Gasteiger partial charge < -0.3 is 89.8 Å². The van der Waals surface area contributed by atoms with Crippen LogP contribution >= 0.6 is 0 Å². The summed E-state index contributed by atoms with van der Waals surface area (Å²) in [6, 6.07) is 71.2. The number of carbonyl (C=O) groups is 4. The molecule has 0 amide bonds. The van der Waals surface area contributed by atoms with Crippen molar-refractivity contribution in [2.75, 3.05) is 79.4 Å². The van der Waals surface area contributed by atoms with Crippen LogP contribution in [0.2, 0.25) is 0 Å². The van der Waals surface area contributed by atoms with Crippen molar-refractivity contribution in [3.8, 4) is 84.6 Å². The van der Waals surface area contributed by atoms with Crippen molar-refractivity contribution in [1.29, 1.82) is 0 Å². The van der Waals surface area contributed by atoms with Crippen molar-refractivity contribution in [3.05, 3.63) is 312 Å². The summed E-state index contributed by atoms with van der Waals surface area (Å²) in [4.78, 5) is 65.0. The molecular formula is C100H94Cl3N4O14-. The number of aromatic hydroxyl groups is 1. The number of anilines is 2. The minimum absolute atomic E-state index is 0. The van der Waals surface area contributed by atoms with Crippen LogP contribution in [0.3, 0.4) is 0 Å². The van der Waals surface area contributed by atoms with Crippen molar-refractivity contribution >= 4 is 79.8 Å². The van der Waals surface area contributed by atoms with E-state index < -0.39 is 11.9 Å². The Morgan fingerprint density at radius 3 is 1.30 bits per heavy atom. The molecule has 0 aromatic heterocycles. The summed E-state index contributed by atoms with van der Waals surface area (Å²) in [6.07, 6.45) is 5.26. The van der Waals surface area contributed by atoms with E-state index >= 15 is 0 Å². The van der Waals surface area contributed by atoms with Crippen molar-refractivity contribution in [3.63, 3.8) is 0 Å². The number of carboxylic acid groups (broad SMARTS) is 2. The zero-order valence-electron chi connectivity index (χ0n) is 69.8. The Bertz CT molecular complexity index is 6710. The Balaban J connectivity index is 0.000000169. The number of nitrogens with zero attached hydrogens (tertiary/aromatic N) is 4. The lowest BCUT2D eigenvalue weighted by Gasteiger charge is -2.24. The quantitative estimate of drug-likeness (QED) is 0.0494. The molecule has 21 heteroatoms. The molecule has 0 saturated heterocycles. The number of hydrogen-bond donors (Lipinski definition) is 3. The van der Waals surface area contributed by atoms with Gasteiger partial charge in [-0.3, -0.25) is 4.79 Å². The van der Waals surface area contributed by atoms with Crippen molar-refractivity contribution in [2.45, 2.75) is 60.8 Å². The van der Waals surface area contributed by atoms with Crippen LogP contribution in [-0.4, -0.2) is 109 Å². The molecule has 9 aromatic rings. The molecule has 4 aliphatic heterocycles. The smallest absolute Gasteiger partial charge is 0.338 e. The highest BCUT2D eigenvalue weighted by Gasteiger charge is 2.29. The first-order valence-electron chi connectivity index (χ1n) is 39.2. The SMILES string of the molecule is CC/C=c1/cc2c(cc1C)=C(c1ccccc1C(=O)OCC)c1cc(C)c(CCC)cc1O2.CCOC(=O)c1ccccc1-c1c2ccc(=[N+](C)C)cc-2oc2cc(N(C)C)ccc12.CN(C)c1ccc2c(-c3ccccc3C(=O)O)c3ccc(=[N+](C)C)cc-3oc2c1.O=C(O)c1ccccc1-c1c2ccc(=O)cc-2oc2cc(O)ccc12.[Cl-].[Cl-].[Cl-]. The zero-order valence-corrected chi connectivity index (χ0v) is 72.1. The van der Waals surface area contributed by atoms with Crippen LogP contribution in [-0.2, 0) is 15.9 Å². The number of carboxylic acids is 2. The normalized spacial score (nSPS) is 11.2. The van der Waals surface area contributed by atoms with Gasteiger partial charge >= 0.3 is 23.9 Å². The molecule has 0 fully saturated rings. The second-order valence-corrected chi connectivity index (χ2v) is 29.6. The maximum Gasteiger partial charge on any atom is 0.338 e. The lowest BCUT2D eigenvalue weighted by Crippen LogP contribution is -3.00. The van der Waals surface area contributed by atoms with Gasteiger partial charge in [0.25, 0.3) is 0 Å². The Hall–Kier alpha value is -13.3. The fraction of sp³-hybridized carbons (Fsp3) is 0.190. The van der Waals surface area contributed by atoms with E-state index in [1.165, 1.54) is 52.2 Å². The number of phenols is 1. The predicted molar refractivity (Wildman–Crippen MR) is 470 cm³/mol. The molecule has 0 saturated carbocycles. The standard InChI is InChI=1S/C30H32O3.C26H27N2O3.C24H22N2O3.C20H12O5.3ClH/c1-6-11-21-17-27-25(15-19(21)4)29(23-13-9-10-14-24(23)30(31)32-8-3)26-16-20(5)22(12-7-2)18-28(26)33-27;1-6-30-26(29)20-10-8-7-9-19(20)25-21-13-11-17(27(2)3)15-23(21)31-24-16-18(28(4)5)12-14-22(24)25;1-25(2)15-9-11-19-21(13-15)29-22-14-16(26(3)4)10-12-20(22)23(19)17-7-5-6-8-18(17)24(27)28;21-11-5-7-15-17(9-11)25-18-10-12(22)6-8-16(18)19(15)13-3-1-2-4-14(13)20(23)24;;;/h9-11,13-18H,6-8,12H2,1-5H3;7-16H,6H2,1-5H3;5-14H,1-4H3;1-10,21H,(H,23,24);3*1H/q;+1;;;;;/p-2/b21-11-;;;;;;. The number of fused-ring (bicyclic) bond motifs is 8. The number of halogens is 3. The van der Waals surface area contributed by atoms with Gasteiger partial charge in [0.05, 0.1) is 47.6 Å². The topological polar surface area (TPSA) is 226 Å². The van der Waals surface area contributed by atoms with Gasteiger partial charge in [0.1, 0.15) is 79.5 Å². The highest BCUT2D eigenvalue weighted by molar-refractivity contribution is 6.11. The minimum atomic E-state index is -1.04. The third-order valence-corrected chi connectivity index (χ3v) is 20.9. The maximum atomic E-state index is 12.9. The Morgan fingerprint density at radius 1 is 0.430 bits per heavy atom. The van der Waals surface area contributed by atoms with E-state index in [9.17, 15) is 39.3 Å². The Morgan fingerprint density at radius 2 is 0.851 bits per heavy atom. The number of aryl methyl sites for hydroxylation is 3. The zero-order chi connectivity index (χ0) is 83.9. The summed E-state index contributed by atoms with van der Waals surface area (Å²) in [5, 5.41) is 35.8. The minimum Gasteiger partial charge on any atom is -1.00 e. The fourth-order valence-corrected chi connectivity index (χ4v) is 15.1. The van der Waals surface area contributed by atoms with E-state index in [-0.39, 0.29) is 71.5 Å². The molecule has 0 bridgehead atoms. The number of hydrogen-bond acceptors (Lipinski definition) is 14. The summed E-state index contributed by atoms with van der Waals surface area (Å²) in [5.74, 6) is 0.890. The third-order valence-electron chi connectivity index (χ3n) is 20.9. The van der Waals surface area contributed by atoms with Crippen molar-refractivity contribution < 1.29 is 99.2 Å². The summed E-state index contributed by atoms with van der Waals surface area (Å²) in [5.41, 5.74) is 18.9. The molecule has 16 rings (SSSR count). The number of esters is 2. The average Bonchev–Trinajstić information content (AvgIpc) is 0.755. The van der Waals surface area contributed by atoms with Gasteiger partial charge in [0.15, 0.2) is 5.43 Å². The van der Waals surface area contributed by atoms with Gasteiger partial charge in [-0.15, -0.1) is 0 Å². The molecule has 0 atom stereocenters. The summed E-state index contributed by atoms with van der Waals surface area (Å²) in [7, 11) is 15.9. The lowest BCUT2D eigenvalue weighted by atomic mass is 9.87.